The molecule has 0 N–H and O–H groups in total. The number of nitrogens with zero attached hydrogens (tertiary/aromatic N) is 1. The van der Waals surface area contributed by atoms with Crippen LogP contribution >= 0.6 is 0 Å². The number of fused-ring (bicyclic) bond motifs is 2. The van der Waals surface area contributed by atoms with E-state index in [1.165, 1.54) is 76.2 Å². The van der Waals surface area contributed by atoms with Gasteiger partial charge in [0.05, 0.1) is 5.56 Å². The Hall–Kier alpha value is -2.67. The zero-order chi connectivity index (χ0) is 19.1. The Bertz CT molecular complexity index is 1170. The highest BCUT2D eigenvalue weighted by Gasteiger charge is 2.23. The second-order valence-corrected chi connectivity index (χ2v) is 8.46. The molecule has 1 aromatic heterocycles. The summed E-state index contributed by atoms with van der Waals surface area (Å²) in [5, 5.41) is 4.08. The molecule has 0 radical (unpaired) electrons. The number of para-hydroxylation sites is 1. The van der Waals surface area contributed by atoms with Gasteiger partial charge in [0.1, 0.15) is 7.05 Å². The largest absolute Gasteiger partial charge is 0.213 e. The summed E-state index contributed by atoms with van der Waals surface area (Å²) in [6.45, 7) is 2.24. The molecule has 1 heteroatoms. The maximum atomic E-state index is 2.48. The Balaban J connectivity index is 1.79. The first-order valence-electron chi connectivity index (χ1n) is 10.6. The molecule has 0 bridgehead atoms. The summed E-state index contributed by atoms with van der Waals surface area (Å²) in [7, 11) is 2.22. The zero-order valence-corrected chi connectivity index (χ0v) is 16.9. The number of aromatic nitrogens is 1. The molecule has 140 valence electrons. The quantitative estimate of drug-likeness (QED) is 0.363. The lowest BCUT2D eigenvalue weighted by Crippen LogP contribution is -2.33. The predicted molar refractivity (Wildman–Crippen MR) is 118 cm³/mol. The van der Waals surface area contributed by atoms with E-state index in [0.29, 0.717) is 0 Å². The van der Waals surface area contributed by atoms with Crippen LogP contribution in [0.2, 0.25) is 0 Å². The molecule has 1 aliphatic carbocycles. The molecule has 28 heavy (non-hydrogen) atoms. The molecule has 1 heterocycles. The fourth-order valence-corrected chi connectivity index (χ4v) is 5.16. The molecule has 0 atom stereocenters. The minimum Gasteiger partial charge on any atom is -0.194 e. The van der Waals surface area contributed by atoms with Gasteiger partial charge in [-0.3, -0.25) is 0 Å². The zero-order valence-electron chi connectivity index (χ0n) is 16.9. The molecule has 1 saturated carbocycles. The maximum absolute atomic E-state index is 2.48. The Kier molecular flexibility index (Phi) is 4.39. The van der Waals surface area contributed by atoms with Gasteiger partial charge in [-0.1, -0.05) is 74.2 Å². The number of aryl methyl sites for hydroxylation is 2. The third-order valence-corrected chi connectivity index (χ3v) is 6.66. The van der Waals surface area contributed by atoms with E-state index in [4.69, 9.17) is 0 Å². The van der Waals surface area contributed by atoms with Crippen molar-refractivity contribution in [2.45, 2.75) is 39.0 Å². The highest BCUT2D eigenvalue weighted by Crippen LogP contribution is 2.34. The fraction of sp³-hybridized carbons (Fsp3) is 0.296. The highest BCUT2D eigenvalue weighted by molar-refractivity contribution is 5.97. The fourth-order valence-electron chi connectivity index (χ4n) is 5.16. The molecule has 5 rings (SSSR count). The average molecular weight is 367 g/mol. The molecule has 0 amide bonds. The molecule has 1 aliphatic rings. The van der Waals surface area contributed by atoms with Crippen molar-refractivity contribution in [2.24, 2.45) is 13.0 Å². The van der Waals surface area contributed by atoms with Crippen LogP contribution in [0.25, 0.3) is 32.9 Å². The third-order valence-electron chi connectivity index (χ3n) is 6.66. The van der Waals surface area contributed by atoms with Crippen molar-refractivity contribution >= 4 is 21.7 Å². The van der Waals surface area contributed by atoms with E-state index in [1.54, 1.807) is 0 Å². The van der Waals surface area contributed by atoms with Crippen LogP contribution in [0.3, 0.4) is 0 Å². The average Bonchev–Trinajstić information content (AvgIpc) is 3.24. The van der Waals surface area contributed by atoms with Crippen LogP contribution in [0.4, 0.5) is 0 Å². The van der Waals surface area contributed by atoms with Crippen LogP contribution in [-0.4, -0.2) is 0 Å². The maximum Gasteiger partial charge on any atom is 0.213 e. The summed E-state index contributed by atoms with van der Waals surface area (Å²) in [5.74, 6) is 0.845. The number of pyridine rings is 1. The first kappa shape index (κ1) is 17.4. The first-order valence-corrected chi connectivity index (χ1v) is 10.6. The second kappa shape index (κ2) is 7.05. The van der Waals surface area contributed by atoms with E-state index in [1.807, 2.05) is 0 Å². The number of hydrogen-bond acceptors (Lipinski definition) is 0. The summed E-state index contributed by atoms with van der Waals surface area (Å²) in [5.41, 5.74) is 6.90. The van der Waals surface area contributed by atoms with Crippen LogP contribution in [-0.2, 0) is 13.5 Å². The highest BCUT2D eigenvalue weighted by atomic mass is 14.9. The van der Waals surface area contributed by atoms with Crippen LogP contribution in [0.1, 0.15) is 36.8 Å². The topological polar surface area (TPSA) is 3.88 Å². The van der Waals surface area contributed by atoms with Crippen molar-refractivity contribution in [3.05, 3.63) is 77.9 Å². The van der Waals surface area contributed by atoms with Crippen molar-refractivity contribution in [3.8, 4) is 11.3 Å². The number of benzene rings is 3. The SMILES string of the molecule is Cc1ccc2ccccc2c1-c1cc(CC2CCCC2)c2ccccc2[n+]1C. The van der Waals surface area contributed by atoms with Gasteiger partial charge >= 0.3 is 0 Å². The summed E-state index contributed by atoms with van der Waals surface area (Å²) < 4.78 is 2.39. The van der Waals surface area contributed by atoms with Crippen LogP contribution in [0, 0.1) is 12.8 Å². The van der Waals surface area contributed by atoms with E-state index in [9.17, 15) is 0 Å². The van der Waals surface area contributed by atoms with Crippen molar-refractivity contribution in [1.82, 2.24) is 0 Å². The van der Waals surface area contributed by atoms with Gasteiger partial charge in [-0.2, -0.15) is 4.57 Å². The molecule has 3 aromatic carbocycles. The van der Waals surface area contributed by atoms with Gasteiger partial charge in [-0.15, -0.1) is 0 Å². The van der Waals surface area contributed by atoms with Gasteiger partial charge in [0.2, 0.25) is 11.2 Å². The van der Waals surface area contributed by atoms with Crippen molar-refractivity contribution in [1.29, 1.82) is 0 Å². The lowest BCUT2D eigenvalue weighted by Gasteiger charge is -2.15. The summed E-state index contributed by atoms with van der Waals surface area (Å²) in [6.07, 6.45) is 6.78. The lowest BCUT2D eigenvalue weighted by atomic mass is 9.91. The van der Waals surface area contributed by atoms with Gasteiger partial charge < -0.3 is 0 Å². The monoisotopic (exact) mass is 366 g/mol. The van der Waals surface area contributed by atoms with Gasteiger partial charge in [-0.05, 0) is 47.2 Å². The Morgan fingerprint density at radius 2 is 1.57 bits per heavy atom. The van der Waals surface area contributed by atoms with Crippen molar-refractivity contribution in [3.63, 3.8) is 0 Å². The minimum atomic E-state index is 0.845. The van der Waals surface area contributed by atoms with Gasteiger partial charge in [0.25, 0.3) is 0 Å². The summed E-state index contributed by atoms with van der Waals surface area (Å²) >= 11 is 0. The molecule has 1 nitrogen and oxygen atoms in total. The number of hydrogen-bond donors (Lipinski definition) is 0. The molecule has 0 unspecified atom stereocenters. The van der Waals surface area contributed by atoms with E-state index < -0.39 is 0 Å². The smallest absolute Gasteiger partial charge is 0.194 e. The molecular weight excluding hydrogens is 338 g/mol. The second-order valence-electron chi connectivity index (χ2n) is 8.46. The van der Waals surface area contributed by atoms with Crippen LogP contribution in [0.5, 0.6) is 0 Å². The summed E-state index contributed by atoms with van der Waals surface area (Å²) in [4.78, 5) is 0. The lowest BCUT2D eigenvalue weighted by molar-refractivity contribution is -0.633. The van der Waals surface area contributed by atoms with E-state index in [-0.39, 0.29) is 0 Å². The van der Waals surface area contributed by atoms with Crippen LogP contribution < -0.4 is 4.57 Å². The van der Waals surface area contributed by atoms with Gasteiger partial charge in [-0.25, -0.2) is 0 Å². The van der Waals surface area contributed by atoms with E-state index >= 15 is 0 Å². The molecule has 0 aliphatic heterocycles. The third kappa shape index (κ3) is 2.90. The van der Waals surface area contributed by atoms with Crippen molar-refractivity contribution in [2.75, 3.05) is 0 Å². The molecule has 4 aromatic rings. The Labute approximate surface area is 167 Å². The Morgan fingerprint density at radius 1 is 0.857 bits per heavy atom. The van der Waals surface area contributed by atoms with E-state index in [2.05, 4.69) is 85.3 Å². The Morgan fingerprint density at radius 3 is 2.39 bits per heavy atom. The standard InChI is InChI=1S/C27H28N/c1-19-15-16-21-11-5-6-13-24(21)27(19)26-18-22(17-20-9-3-4-10-20)23-12-7-8-14-25(23)28(26)2/h5-8,11-16,18,20H,3-4,9-10,17H2,1-2H3/q+1. The molecule has 0 spiro atoms. The first-order chi connectivity index (χ1) is 13.7. The molecular formula is C27H28N+. The predicted octanol–water partition coefficient (Wildman–Crippen LogP) is 6.53. The molecule has 0 saturated heterocycles. The molecule has 1 fully saturated rings. The summed E-state index contributed by atoms with van der Waals surface area (Å²) in [6, 6.07) is 24.7. The van der Waals surface area contributed by atoms with E-state index in [0.717, 1.165) is 5.92 Å². The minimum absolute atomic E-state index is 0.845. The number of rotatable bonds is 3. The normalized spacial score (nSPS) is 14.9. The van der Waals surface area contributed by atoms with Gasteiger partial charge in [0.15, 0.2) is 0 Å². The van der Waals surface area contributed by atoms with Gasteiger partial charge in [0, 0.05) is 17.5 Å². The van der Waals surface area contributed by atoms with Crippen molar-refractivity contribution < 1.29 is 4.57 Å². The van der Waals surface area contributed by atoms with Crippen LogP contribution in [0.15, 0.2) is 66.7 Å².